The Hall–Kier alpha value is -2.65. The van der Waals surface area contributed by atoms with Crippen LogP contribution in [0.25, 0.3) is 0 Å². The van der Waals surface area contributed by atoms with E-state index < -0.39 is 10.7 Å². The Bertz CT molecular complexity index is 743. The molecule has 0 unspecified atom stereocenters. The molecule has 0 aromatic heterocycles. The van der Waals surface area contributed by atoms with Crippen LogP contribution in [0.3, 0.4) is 0 Å². The van der Waals surface area contributed by atoms with Crippen molar-refractivity contribution in [1.82, 2.24) is 0 Å². The summed E-state index contributed by atoms with van der Waals surface area (Å²) in [5.41, 5.74) is 0.474. The average molecular weight is 306 g/mol. The first-order valence-electron chi connectivity index (χ1n) is 5.88. The Labute approximate surface area is 124 Å². The molecule has 2 rings (SSSR count). The van der Waals surface area contributed by atoms with Gasteiger partial charge in [-0.3, -0.25) is 10.1 Å². The minimum atomic E-state index is -0.608. The number of rotatable bonds is 4. The van der Waals surface area contributed by atoms with E-state index in [0.717, 1.165) is 6.07 Å². The Morgan fingerprint density at radius 1 is 1.38 bits per heavy atom. The van der Waals surface area contributed by atoms with Crippen LogP contribution in [0.5, 0.6) is 0 Å². The highest BCUT2D eigenvalue weighted by Gasteiger charge is 2.16. The Balaban J connectivity index is 2.25. The zero-order valence-electron chi connectivity index (χ0n) is 10.6. The molecule has 5 nitrogen and oxygen atoms in total. The van der Waals surface area contributed by atoms with Crippen molar-refractivity contribution in [3.05, 3.63) is 68.5 Å². The molecule has 0 atom stereocenters. The van der Waals surface area contributed by atoms with Crippen molar-refractivity contribution in [3.63, 3.8) is 0 Å². The fourth-order valence-corrected chi connectivity index (χ4v) is 2.04. The van der Waals surface area contributed by atoms with E-state index >= 15 is 0 Å². The van der Waals surface area contributed by atoms with E-state index in [0.29, 0.717) is 0 Å². The van der Waals surface area contributed by atoms with Gasteiger partial charge in [-0.2, -0.15) is 5.26 Å². The molecule has 0 fully saturated rings. The molecule has 1 N–H and O–H groups in total. The Kier molecular flexibility index (Phi) is 4.36. The van der Waals surface area contributed by atoms with Crippen LogP contribution >= 0.6 is 11.6 Å². The second-order valence-corrected chi connectivity index (χ2v) is 4.56. The number of nitro benzene ring substituents is 1. The normalized spacial score (nSPS) is 9.95. The third-order valence-electron chi connectivity index (χ3n) is 2.84. The van der Waals surface area contributed by atoms with Gasteiger partial charge in [0.1, 0.15) is 5.82 Å². The lowest BCUT2D eigenvalue weighted by Crippen LogP contribution is -2.05. The SMILES string of the molecule is N#Cc1ccc(NCc2c(Cl)cccc2[N+](=O)[O-])c(F)c1. The lowest BCUT2D eigenvalue weighted by Gasteiger charge is -2.09. The molecule has 0 spiro atoms. The molecule has 0 amide bonds. The first kappa shape index (κ1) is 14.8. The lowest BCUT2D eigenvalue weighted by atomic mass is 10.1. The van der Waals surface area contributed by atoms with Crippen LogP contribution in [-0.4, -0.2) is 4.92 Å². The van der Waals surface area contributed by atoms with Crippen molar-refractivity contribution in [2.24, 2.45) is 0 Å². The predicted molar refractivity (Wildman–Crippen MR) is 76.5 cm³/mol. The molecule has 7 heteroatoms. The molecular formula is C14H9ClFN3O2. The fourth-order valence-electron chi connectivity index (χ4n) is 1.80. The summed E-state index contributed by atoms with van der Waals surface area (Å²) < 4.78 is 13.7. The van der Waals surface area contributed by atoms with Gasteiger partial charge in [-0.25, -0.2) is 4.39 Å². The van der Waals surface area contributed by atoms with E-state index in [1.807, 2.05) is 6.07 Å². The van der Waals surface area contributed by atoms with Crippen LogP contribution in [0.15, 0.2) is 36.4 Å². The summed E-state index contributed by atoms with van der Waals surface area (Å²) in [6.07, 6.45) is 0. The summed E-state index contributed by atoms with van der Waals surface area (Å²) in [5, 5.41) is 22.6. The monoisotopic (exact) mass is 305 g/mol. The molecule has 0 aliphatic heterocycles. The van der Waals surface area contributed by atoms with E-state index in [-0.39, 0.29) is 34.1 Å². The smallest absolute Gasteiger partial charge is 0.275 e. The number of nitrogens with one attached hydrogen (secondary N) is 1. The molecule has 0 heterocycles. The Morgan fingerprint density at radius 2 is 2.14 bits per heavy atom. The quantitative estimate of drug-likeness (QED) is 0.687. The maximum atomic E-state index is 13.7. The van der Waals surface area contributed by atoms with E-state index in [2.05, 4.69) is 5.32 Å². The van der Waals surface area contributed by atoms with Gasteiger partial charge in [-0.05, 0) is 24.3 Å². The summed E-state index contributed by atoms with van der Waals surface area (Å²) in [5.74, 6) is -0.608. The van der Waals surface area contributed by atoms with Gasteiger partial charge in [0, 0.05) is 12.6 Å². The number of hydrogen-bond donors (Lipinski definition) is 1. The molecule has 106 valence electrons. The number of hydrogen-bond acceptors (Lipinski definition) is 4. The van der Waals surface area contributed by atoms with E-state index in [1.165, 1.54) is 30.3 Å². The summed E-state index contributed by atoms with van der Waals surface area (Å²) in [6, 6.07) is 10.1. The topological polar surface area (TPSA) is 79.0 Å². The summed E-state index contributed by atoms with van der Waals surface area (Å²) in [4.78, 5) is 10.4. The standard InChI is InChI=1S/C14H9ClFN3O2/c15-11-2-1-3-14(19(20)21)10(11)8-18-13-5-4-9(7-17)6-12(13)16/h1-6,18H,8H2. The highest BCUT2D eigenvalue weighted by Crippen LogP contribution is 2.27. The fraction of sp³-hybridized carbons (Fsp3) is 0.0714. The predicted octanol–water partition coefficient (Wildman–Crippen LogP) is 3.87. The number of benzene rings is 2. The highest BCUT2D eigenvalue weighted by molar-refractivity contribution is 6.31. The summed E-state index contributed by atoms with van der Waals surface area (Å²) >= 11 is 5.95. The van der Waals surface area contributed by atoms with Crippen LogP contribution in [-0.2, 0) is 6.54 Å². The third-order valence-corrected chi connectivity index (χ3v) is 3.20. The van der Waals surface area contributed by atoms with Crippen molar-refractivity contribution >= 4 is 23.0 Å². The van der Waals surface area contributed by atoms with Crippen LogP contribution in [0.4, 0.5) is 15.8 Å². The molecule has 0 aliphatic rings. The van der Waals surface area contributed by atoms with Crippen molar-refractivity contribution in [2.75, 3.05) is 5.32 Å². The van der Waals surface area contributed by atoms with Crippen molar-refractivity contribution in [1.29, 1.82) is 5.26 Å². The number of nitriles is 1. The highest BCUT2D eigenvalue weighted by atomic mass is 35.5. The van der Waals surface area contributed by atoms with Crippen LogP contribution in [0.2, 0.25) is 5.02 Å². The van der Waals surface area contributed by atoms with Gasteiger partial charge in [0.05, 0.1) is 32.8 Å². The minimum absolute atomic E-state index is 0.00118. The number of nitrogens with zero attached hydrogens (tertiary/aromatic N) is 2. The first-order valence-corrected chi connectivity index (χ1v) is 6.26. The van der Waals surface area contributed by atoms with E-state index in [1.54, 1.807) is 0 Å². The van der Waals surface area contributed by atoms with Gasteiger partial charge >= 0.3 is 0 Å². The molecule has 0 saturated carbocycles. The number of nitro groups is 1. The molecule has 2 aromatic rings. The zero-order valence-corrected chi connectivity index (χ0v) is 11.4. The summed E-state index contributed by atoms with van der Waals surface area (Å²) in [7, 11) is 0. The minimum Gasteiger partial charge on any atom is -0.378 e. The summed E-state index contributed by atoms with van der Waals surface area (Å²) in [6.45, 7) is -0.00118. The molecule has 0 radical (unpaired) electrons. The van der Waals surface area contributed by atoms with Crippen molar-refractivity contribution < 1.29 is 9.31 Å². The van der Waals surface area contributed by atoms with E-state index in [9.17, 15) is 14.5 Å². The molecular weight excluding hydrogens is 297 g/mol. The molecule has 0 saturated heterocycles. The zero-order chi connectivity index (χ0) is 15.4. The molecule has 2 aromatic carbocycles. The lowest BCUT2D eigenvalue weighted by molar-refractivity contribution is -0.385. The van der Waals surface area contributed by atoms with Gasteiger partial charge in [0.25, 0.3) is 5.69 Å². The van der Waals surface area contributed by atoms with Crippen molar-refractivity contribution in [3.8, 4) is 6.07 Å². The van der Waals surface area contributed by atoms with E-state index in [4.69, 9.17) is 16.9 Å². The van der Waals surface area contributed by atoms with Gasteiger partial charge < -0.3 is 5.32 Å². The molecule has 21 heavy (non-hydrogen) atoms. The molecule has 0 bridgehead atoms. The van der Waals surface area contributed by atoms with Crippen LogP contribution in [0.1, 0.15) is 11.1 Å². The van der Waals surface area contributed by atoms with Gasteiger partial charge in [0.15, 0.2) is 0 Å². The van der Waals surface area contributed by atoms with Gasteiger partial charge in [0.2, 0.25) is 0 Å². The number of anilines is 1. The third kappa shape index (κ3) is 3.27. The maximum Gasteiger partial charge on any atom is 0.275 e. The average Bonchev–Trinajstić information content (AvgIpc) is 2.46. The maximum absolute atomic E-state index is 13.7. The Morgan fingerprint density at radius 3 is 2.76 bits per heavy atom. The van der Waals surface area contributed by atoms with Crippen LogP contribution < -0.4 is 5.32 Å². The van der Waals surface area contributed by atoms with Gasteiger partial charge in [-0.1, -0.05) is 17.7 Å². The van der Waals surface area contributed by atoms with Gasteiger partial charge in [-0.15, -0.1) is 0 Å². The number of halogens is 2. The van der Waals surface area contributed by atoms with Crippen molar-refractivity contribution in [2.45, 2.75) is 6.54 Å². The van der Waals surface area contributed by atoms with Crippen LogP contribution in [0, 0.1) is 27.3 Å². The first-order chi connectivity index (χ1) is 10.0. The second kappa shape index (κ2) is 6.20. The second-order valence-electron chi connectivity index (χ2n) is 4.15. The largest absolute Gasteiger partial charge is 0.378 e. The molecule has 0 aliphatic carbocycles.